The molecule has 0 N–H and O–H groups in total. The second-order valence-corrected chi connectivity index (χ2v) is 13.8. The van der Waals surface area contributed by atoms with Crippen LogP contribution in [0.4, 0.5) is 26.3 Å². The zero-order valence-corrected chi connectivity index (χ0v) is 27.3. The molecule has 3 aliphatic rings. The number of alkyl halides is 2. The average molecular weight is 667 g/mol. The lowest BCUT2D eigenvalue weighted by Gasteiger charge is -2.37. The van der Waals surface area contributed by atoms with E-state index < -0.39 is 35.2 Å². The van der Waals surface area contributed by atoms with Crippen LogP contribution in [0.5, 0.6) is 5.75 Å². The summed E-state index contributed by atoms with van der Waals surface area (Å²) in [5, 5.41) is 0. The number of halogens is 6. The van der Waals surface area contributed by atoms with Crippen LogP contribution in [0.2, 0.25) is 0 Å². The Morgan fingerprint density at radius 3 is 2.15 bits per heavy atom. The van der Waals surface area contributed by atoms with Crippen molar-refractivity contribution in [2.75, 3.05) is 13.2 Å². The minimum Gasteiger partial charge on any atom is -0.432 e. The summed E-state index contributed by atoms with van der Waals surface area (Å²) in [6.07, 6.45) is 11.7. The molecule has 1 aliphatic heterocycles. The highest BCUT2D eigenvalue weighted by Crippen LogP contribution is 2.42. The zero-order chi connectivity index (χ0) is 33.4. The molecule has 2 aromatic carbocycles. The quantitative estimate of drug-likeness (QED) is 0.0922. The van der Waals surface area contributed by atoms with Crippen molar-refractivity contribution in [3.05, 3.63) is 76.9 Å². The lowest BCUT2D eigenvalue weighted by Crippen LogP contribution is -2.38. The first-order chi connectivity index (χ1) is 22.6. The number of benzene rings is 2. The third kappa shape index (κ3) is 9.78. The van der Waals surface area contributed by atoms with Crippen molar-refractivity contribution in [3.8, 4) is 5.75 Å². The summed E-state index contributed by atoms with van der Waals surface area (Å²) in [5.74, 6) is -5.57. The number of aryl methyl sites for hydroxylation is 1. The molecule has 0 aromatic heterocycles. The molecule has 0 radical (unpaired) electrons. The molecule has 0 atom stereocenters. The Labute approximate surface area is 275 Å². The largest absolute Gasteiger partial charge is 0.432 e. The predicted molar refractivity (Wildman–Crippen MR) is 169 cm³/mol. The highest BCUT2D eigenvalue weighted by atomic mass is 19.3. The van der Waals surface area contributed by atoms with Crippen LogP contribution >= 0.6 is 0 Å². The van der Waals surface area contributed by atoms with Gasteiger partial charge in [0, 0.05) is 24.0 Å². The molecule has 0 unspecified atom stereocenters. The molecule has 0 amide bonds. The summed E-state index contributed by atoms with van der Waals surface area (Å²) in [6, 6.07) is 6.49. The van der Waals surface area contributed by atoms with E-state index in [2.05, 4.69) is 17.7 Å². The number of unbranched alkanes of at least 4 members (excludes halogenated alkanes) is 2. The van der Waals surface area contributed by atoms with E-state index in [0.717, 1.165) is 44.5 Å². The number of hydrogen-bond acceptors (Lipinski definition) is 3. The van der Waals surface area contributed by atoms with Crippen LogP contribution in [-0.4, -0.2) is 25.6 Å². The minimum absolute atomic E-state index is 0.109. The number of ether oxygens (including phenoxy) is 3. The van der Waals surface area contributed by atoms with Gasteiger partial charge in [0.15, 0.2) is 23.7 Å². The number of hydrogen-bond donors (Lipinski definition) is 0. The molecule has 3 nitrogen and oxygen atoms in total. The summed E-state index contributed by atoms with van der Waals surface area (Å²) >= 11 is 0. The first kappa shape index (κ1) is 35.8. The number of allylic oxidation sites excluding steroid dienone is 2. The molecule has 2 aromatic rings. The van der Waals surface area contributed by atoms with Crippen LogP contribution in [0, 0.1) is 46.9 Å². The molecule has 0 spiro atoms. The van der Waals surface area contributed by atoms with Crippen molar-refractivity contribution >= 4 is 0 Å². The van der Waals surface area contributed by atoms with Crippen LogP contribution in [-0.2, 0) is 15.9 Å². The lowest BCUT2D eigenvalue weighted by molar-refractivity contribution is -0.229. The fourth-order valence-corrected chi connectivity index (χ4v) is 7.43. The van der Waals surface area contributed by atoms with Gasteiger partial charge in [0.25, 0.3) is 0 Å². The monoisotopic (exact) mass is 666 g/mol. The van der Waals surface area contributed by atoms with E-state index in [9.17, 15) is 22.0 Å². The van der Waals surface area contributed by atoms with Crippen LogP contribution in [0.3, 0.4) is 0 Å². The van der Waals surface area contributed by atoms with Crippen LogP contribution in [0.25, 0.3) is 0 Å². The normalized spacial score (nSPS) is 27.3. The van der Waals surface area contributed by atoms with Gasteiger partial charge in [0.2, 0.25) is 0 Å². The smallest absolute Gasteiger partial charge is 0.400 e. The molecule has 0 bridgehead atoms. The van der Waals surface area contributed by atoms with Gasteiger partial charge in [-0.2, -0.15) is 8.78 Å². The Morgan fingerprint density at radius 1 is 0.830 bits per heavy atom. The molecule has 1 heterocycles. The maximum atomic E-state index is 15.1. The molecular weight excluding hydrogens is 618 g/mol. The fourth-order valence-electron chi connectivity index (χ4n) is 7.43. The third-order valence-electron chi connectivity index (χ3n) is 10.4. The van der Waals surface area contributed by atoms with E-state index in [4.69, 9.17) is 9.47 Å². The summed E-state index contributed by atoms with van der Waals surface area (Å²) < 4.78 is 101. The van der Waals surface area contributed by atoms with Gasteiger partial charge in [-0.1, -0.05) is 50.5 Å². The van der Waals surface area contributed by atoms with Crippen LogP contribution in [0.1, 0.15) is 107 Å². The second-order valence-electron chi connectivity index (χ2n) is 13.8. The van der Waals surface area contributed by atoms with Crippen molar-refractivity contribution in [1.29, 1.82) is 0 Å². The molecule has 3 fully saturated rings. The minimum atomic E-state index is -3.63. The highest BCUT2D eigenvalue weighted by molar-refractivity contribution is 5.28. The summed E-state index contributed by atoms with van der Waals surface area (Å²) in [5.41, 5.74) is 1.72. The van der Waals surface area contributed by atoms with Crippen molar-refractivity contribution in [1.82, 2.24) is 0 Å². The molecule has 2 saturated carbocycles. The third-order valence-corrected chi connectivity index (χ3v) is 10.4. The van der Waals surface area contributed by atoms with Gasteiger partial charge < -0.3 is 14.2 Å². The summed E-state index contributed by atoms with van der Waals surface area (Å²) in [4.78, 5) is 0. The Morgan fingerprint density at radius 2 is 1.51 bits per heavy atom. The molecule has 2 aliphatic carbocycles. The maximum Gasteiger partial charge on any atom is 0.400 e. The standard InChI is InChI=1S/C38H48F6O3/c1-2-3-4-8-26-23-45-37(46-24-26)29-15-12-27(13-16-29)30-17-14-28(33(39)20-30)9-6-5-7-25-10-18-31(19-11-25)38(43,44)47-32-21-34(40)36(42)35(41)22-32/h5,7,14,17,20-22,25-27,29,31,37H,2-4,6,8-13,15-16,18-19,23-24H2,1H3. The molecule has 1 saturated heterocycles. The van der Waals surface area contributed by atoms with Gasteiger partial charge in [-0.05, 0) is 99.7 Å². The molecule has 5 rings (SSSR count). The van der Waals surface area contributed by atoms with Gasteiger partial charge in [-0.3, -0.25) is 0 Å². The second kappa shape index (κ2) is 16.7. The van der Waals surface area contributed by atoms with E-state index >= 15 is 4.39 Å². The van der Waals surface area contributed by atoms with E-state index in [1.807, 2.05) is 18.2 Å². The van der Waals surface area contributed by atoms with Gasteiger partial charge in [-0.15, -0.1) is 0 Å². The molecule has 47 heavy (non-hydrogen) atoms. The fraction of sp³-hybridized carbons (Fsp3) is 0.632. The summed E-state index contributed by atoms with van der Waals surface area (Å²) in [6.45, 7) is 3.80. The Bertz CT molecular complexity index is 1290. The Hall–Kier alpha value is -2.52. The van der Waals surface area contributed by atoms with E-state index in [1.54, 1.807) is 6.07 Å². The maximum absolute atomic E-state index is 15.1. The Kier molecular flexibility index (Phi) is 12.7. The number of rotatable bonds is 13. The molecule has 260 valence electrons. The van der Waals surface area contributed by atoms with Crippen molar-refractivity contribution in [3.63, 3.8) is 0 Å². The molecular formula is C38H48F6O3. The summed E-state index contributed by atoms with van der Waals surface area (Å²) in [7, 11) is 0. The van der Waals surface area contributed by atoms with E-state index in [1.165, 1.54) is 25.7 Å². The van der Waals surface area contributed by atoms with Gasteiger partial charge >= 0.3 is 6.11 Å². The van der Waals surface area contributed by atoms with Gasteiger partial charge in [-0.25, -0.2) is 17.6 Å². The van der Waals surface area contributed by atoms with Crippen molar-refractivity contribution in [2.24, 2.45) is 23.7 Å². The van der Waals surface area contributed by atoms with Gasteiger partial charge in [0.05, 0.1) is 19.1 Å². The van der Waals surface area contributed by atoms with Gasteiger partial charge in [0.1, 0.15) is 11.6 Å². The van der Waals surface area contributed by atoms with Crippen molar-refractivity contribution < 1.29 is 40.6 Å². The van der Waals surface area contributed by atoms with Crippen LogP contribution in [0.15, 0.2) is 42.5 Å². The van der Waals surface area contributed by atoms with E-state index in [0.29, 0.717) is 61.1 Å². The highest BCUT2D eigenvalue weighted by Gasteiger charge is 2.44. The van der Waals surface area contributed by atoms with Crippen LogP contribution < -0.4 is 4.74 Å². The molecule has 9 heteroatoms. The first-order valence-electron chi connectivity index (χ1n) is 17.5. The predicted octanol–water partition coefficient (Wildman–Crippen LogP) is 11.1. The topological polar surface area (TPSA) is 27.7 Å². The zero-order valence-electron chi connectivity index (χ0n) is 27.3. The lowest BCUT2D eigenvalue weighted by atomic mass is 9.78. The van der Waals surface area contributed by atoms with Crippen molar-refractivity contribution in [2.45, 2.75) is 115 Å². The first-order valence-corrected chi connectivity index (χ1v) is 17.5. The van der Waals surface area contributed by atoms with E-state index in [-0.39, 0.29) is 30.9 Å². The Balaban J connectivity index is 1.01. The average Bonchev–Trinajstić information content (AvgIpc) is 3.07. The SMILES string of the molecule is CCCCCC1COC(C2CCC(c3ccc(CCC=CC4CCC(C(F)(F)Oc5cc(F)c(F)c(F)c5)CC4)c(F)c3)CC2)OC1.